The zero-order chi connectivity index (χ0) is 10.3. The Balaban J connectivity index is 3.94. The summed E-state index contributed by atoms with van der Waals surface area (Å²) in [7, 11) is 0. The number of amides is 2. The first kappa shape index (κ1) is 11.2. The standard InChI is InChI=1S/C5H11N5O3/c6-5(13)9-1-3(10-7)8-2-4(11)12/h1-2,7H2,(H,8,10)(H,11,12)(H3,6,9,13). The fourth-order valence-electron chi connectivity index (χ4n) is 0.486. The average Bonchev–Trinajstić information content (AvgIpc) is 2.04. The first-order valence-corrected chi connectivity index (χ1v) is 3.31. The normalized spacial score (nSPS) is 10.7. The van der Waals surface area contributed by atoms with Crippen LogP contribution < -0.4 is 22.3 Å². The maximum Gasteiger partial charge on any atom is 0.325 e. The lowest BCUT2D eigenvalue weighted by atomic mass is 10.5. The second-order valence-corrected chi connectivity index (χ2v) is 2.02. The lowest BCUT2D eigenvalue weighted by Crippen LogP contribution is -2.42. The number of nitrogens with zero attached hydrogens (tertiary/aromatic N) is 1. The molecule has 0 aliphatic heterocycles. The first-order valence-electron chi connectivity index (χ1n) is 3.31. The maximum atomic E-state index is 10.2. The summed E-state index contributed by atoms with van der Waals surface area (Å²) >= 11 is 0. The fourth-order valence-corrected chi connectivity index (χ4v) is 0.486. The van der Waals surface area contributed by atoms with Gasteiger partial charge in [0.05, 0.1) is 6.54 Å². The van der Waals surface area contributed by atoms with E-state index in [2.05, 4.69) is 15.7 Å². The van der Waals surface area contributed by atoms with Crippen molar-refractivity contribution in [2.75, 3.05) is 13.1 Å². The third-order valence-corrected chi connectivity index (χ3v) is 1.00. The van der Waals surface area contributed by atoms with Crippen LogP contribution in [0, 0.1) is 0 Å². The molecule has 0 spiro atoms. The van der Waals surface area contributed by atoms with Gasteiger partial charge in [-0.15, -0.1) is 0 Å². The molecule has 0 aliphatic carbocycles. The lowest BCUT2D eigenvalue weighted by Gasteiger charge is -2.04. The minimum Gasteiger partial charge on any atom is -0.480 e. The molecule has 7 N–H and O–H groups in total. The number of aliphatic carboxylic acids is 1. The predicted molar refractivity (Wildman–Crippen MR) is 44.8 cm³/mol. The molecule has 0 aromatic heterocycles. The molecular formula is C5H11N5O3. The van der Waals surface area contributed by atoms with E-state index < -0.39 is 18.5 Å². The second-order valence-electron chi connectivity index (χ2n) is 2.02. The quantitative estimate of drug-likeness (QED) is 0.145. The van der Waals surface area contributed by atoms with Crippen molar-refractivity contribution in [1.82, 2.24) is 10.7 Å². The number of carbonyl (C=O) groups excluding carboxylic acids is 1. The number of hydrogen-bond acceptors (Lipinski definition) is 4. The number of aliphatic imine (C=N–C) groups is 1. The van der Waals surface area contributed by atoms with Crippen LogP contribution >= 0.6 is 0 Å². The number of primary amides is 1. The molecule has 0 radical (unpaired) electrons. The molecule has 0 saturated carbocycles. The molecular weight excluding hydrogens is 178 g/mol. The number of carbonyl (C=O) groups is 2. The molecule has 8 nitrogen and oxygen atoms in total. The van der Waals surface area contributed by atoms with Crippen LogP contribution in [-0.2, 0) is 4.79 Å². The first-order chi connectivity index (χ1) is 6.06. The van der Waals surface area contributed by atoms with Gasteiger partial charge in [0.2, 0.25) is 0 Å². The van der Waals surface area contributed by atoms with Crippen LogP contribution in [-0.4, -0.2) is 36.0 Å². The van der Waals surface area contributed by atoms with E-state index in [0.717, 1.165) is 0 Å². The minimum atomic E-state index is -1.09. The Labute approximate surface area is 74.0 Å². The van der Waals surface area contributed by atoms with Crippen molar-refractivity contribution in [3.63, 3.8) is 0 Å². The van der Waals surface area contributed by atoms with Gasteiger partial charge in [0.15, 0.2) is 0 Å². The maximum absolute atomic E-state index is 10.2. The monoisotopic (exact) mass is 189 g/mol. The van der Waals surface area contributed by atoms with Crippen LogP contribution in [0.1, 0.15) is 0 Å². The Bertz CT molecular complexity index is 226. The zero-order valence-electron chi connectivity index (χ0n) is 6.78. The van der Waals surface area contributed by atoms with Gasteiger partial charge in [-0.25, -0.2) is 10.6 Å². The molecule has 0 unspecified atom stereocenters. The van der Waals surface area contributed by atoms with Gasteiger partial charge >= 0.3 is 12.0 Å². The van der Waals surface area contributed by atoms with E-state index in [1.807, 2.05) is 0 Å². The Morgan fingerprint density at radius 2 is 2.08 bits per heavy atom. The summed E-state index contributed by atoms with van der Waals surface area (Å²) < 4.78 is 0. The number of carboxylic acid groups (broad SMARTS) is 1. The van der Waals surface area contributed by atoms with E-state index in [1.165, 1.54) is 0 Å². The molecule has 0 heterocycles. The third kappa shape index (κ3) is 6.56. The van der Waals surface area contributed by atoms with Gasteiger partial charge in [0.1, 0.15) is 12.4 Å². The van der Waals surface area contributed by atoms with E-state index >= 15 is 0 Å². The number of nitrogens with two attached hydrogens (primary N) is 2. The van der Waals surface area contributed by atoms with Gasteiger partial charge in [-0.3, -0.25) is 9.79 Å². The number of carboxylic acids is 1. The molecule has 0 saturated heterocycles. The number of nitrogens with one attached hydrogen (secondary N) is 2. The van der Waals surface area contributed by atoms with Gasteiger partial charge in [-0.05, 0) is 0 Å². The molecule has 0 aromatic carbocycles. The van der Waals surface area contributed by atoms with Gasteiger partial charge in [0.25, 0.3) is 0 Å². The summed E-state index contributed by atoms with van der Waals surface area (Å²) in [5, 5.41) is 10.4. The number of amidine groups is 1. The van der Waals surface area contributed by atoms with Crippen molar-refractivity contribution in [2.45, 2.75) is 0 Å². The van der Waals surface area contributed by atoms with Crippen molar-refractivity contribution in [3.05, 3.63) is 0 Å². The van der Waals surface area contributed by atoms with Crippen molar-refractivity contribution < 1.29 is 14.7 Å². The van der Waals surface area contributed by atoms with Gasteiger partial charge in [-0.2, -0.15) is 0 Å². The van der Waals surface area contributed by atoms with Gasteiger partial charge in [0, 0.05) is 0 Å². The highest BCUT2D eigenvalue weighted by Crippen LogP contribution is 1.73. The van der Waals surface area contributed by atoms with Crippen LogP contribution in [0.15, 0.2) is 4.99 Å². The third-order valence-electron chi connectivity index (χ3n) is 1.00. The fraction of sp³-hybridized carbons (Fsp3) is 0.400. The molecule has 0 bridgehead atoms. The van der Waals surface area contributed by atoms with Crippen molar-refractivity contribution >= 4 is 17.8 Å². The Hall–Kier alpha value is -1.83. The molecule has 8 heteroatoms. The molecule has 0 fully saturated rings. The van der Waals surface area contributed by atoms with Crippen LogP contribution in [0.3, 0.4) is 0 Å². The molecule has 0 atom stereocenters. The Morgan fingerprint density at radius 3 is 2.46 bits per heavy atom. The molecule has 0 aliphatic rings. The molecule has 74 valence electrons. The van der Waals surface area contributed by atoms with Crippen LogP contribution in [0.5, 0.6) is 0 Å². The van der Waals surface area contributed by atoms with Crippen molar-refractivity contribution in [1.29, 1.82) is 0 Å². The molecule has 0 rings (SSSR count). The smallest absolute Gasteiger partial charge is 0.325 e. The summed E-state index contributed by atoms with van der Waals surface area (Å²) in [6, 6.07) is -0.738. The highest BCUT2D eigenvalue weighted by molar-refractivity contribution is 5.88. The van der Waals surface area contributed by atoms with Crippen LogP contribution in [0.4, 0.5) is 4.79 Å². The molecule has 13 heavy (non-hydrogen) atoms. The summed E-state index contributed by atoms with van der Waals surface area (Å²) in [5.74, 6) is 4.03. The Morgan fingerprint density at radius 1 is 1.46 bits per heavy atom. The number of hydrogen-bond donors (Lipinski definition) is 5. The SMILES string of the molecule is NNC(CNC(N)=O)=NCC(=O)O. The van der Waals surface area contributed by atoms with E-state index in [0.29, 0.717) is 0 Å². The summed E-state index contributed by atoms with van der Waals surface area (Å²) in [4.78, 5) is 23.8. The summed E-state index contributed by atoms with van der Waals surface area (Å²) in [6.45, 7) is -0.445. The van der Waals surface area contributed by atoms with E-state index in [9.17, 15) is 9.59 Å². The van der Waals surface area contributed by atoms with Crippen molar-refractivity contribution in [2.24, 2.45) is 16.6 Å². The molecule has 2 amide bonds. The van der Waals surface area contributed by atoms with Crippen molar-refractivity contribution in [3.8, 4) is 0 Å². The van der Waals surface area contributed by atoms with E-state index in [1.54, 1.807) is 0 Å². The molecule has 0 aromatic rings. The van der Waals surface area contributed by atoms with Gasteiger partial charge in [-0.1, -0.05) is 0 Å². The second kappa shape index (κ2) is 5.77. The van der Waals surface area contributed by atoms with Gasteiger partial charge < -0.3 is 21.6 Å². The highest BCUT2D eigenvalue weighted by atomic mass is 16.4. The lowest BCUT2D eigenvalue weighted by molar-refractivity contribution is -0.135. The van der Waals surface area contributed by atoms with Crippen LogP contribution in [0.25, 0.3) is 0 Å². The van der Waals surface area contributed by atoms with E-state index in [-0.39, 0.29) is 12.4 Å². The summed E-state index contributed by atoms with van der Waals surface area (Å²) in [6.07, 6.45) is 0. The van der Waals surface area contributed by atoms with Crippen LogP contribution in [0.2, 0.25) is 0 Å². The summed E-state index contributed by atoms with van der Waals surface area (Å²) in [5.41, 5.74) is 6.89. The average molecular weight is 189 g/mol. The number of rotatable bonds is 4. The Kier molecular flexibility index (Phi) is 4.96. The number of hydrazine groups is 1. The predicted octanol–water partition coefficient (Wildman–Crippen LogP) is -2.40. The zero-order valence-corrected chi connectivity index (χ0v) is 6.78. The highest BCUT2D eigenvalue weighted by Gasteiger charge is 1.99. The number of urea groups is 1. The largest absolute Gasteiger partial charge is 0.480 e. The van der Waals surface area contributed by atoms with E-state index in [4.69, 9.17) is 16.7 Å². The topological polar surface area (TPSA) is 143 Å². The minimum absolute atomic E-state index is 0.0287.